The number of fused-ring (bicyclic) bond motifs is 5. The van der Waals surface area contributed by atoms with E-state index < -0.39 is 0 Å². The summed E-state index contributed by atoms with van der Waals surface area (Å²) < 4.78 is 1.64. The van der Waals surface area contributed by atoms with E-state index in [1.165, 1.54) is 0 Å². The highest BCUT2D eigenvalue weighted by Crippen LogP contribution is 2.38. The molecule has 0 bridgehead atoms. The first kappa shape index (κ1) is 19.4. The van der Waals surface area contributed by atoms with Crippen LogP contribution in [0.3, 0.4) is 0 Å². The zero-order valence-corrected chi connectivity index (χ0v) is 16.5. The lowest BCUT2D eigenvalue weighted by molar-refractivity contribution is 0.104. The summed E-state index contributed by atoms with van der Waals surface area (Å²) in [6, 6.07) is 6.67. The number of hydrogen-bond donors (Lipinski definition) is 2. The Morgan fingerprint density at radius 2 is 1.76 bits per heavy atom. The van der Waals surface area contributed by atoms with Crippen LogP contribution in [-0.4, -0.2) is 51.1 Å². The third-order valence-corrected chi connectivity index (χ3v) is 5.42. The number of carbonyl (C=O) groups excluding carboxylic acids is 1. The molecule has 4 rings (SSSR count). The molecule has 0 saturated carbocycles. The van der Waals surface area contributed by atoms with Crippen molar-refractivity contribution in [3.8, 4) is 11.4 Å². The minimum Gasteiger partial charge on any atom is -0.392 e. The molecule has 29 heavy (non-hydrogen) atoms. The molecule has 7 nitrogen and oxygen atoms in total. The number of ketones is 1. The molecule has 1 aliphatic rings. The van der Waals surface area contributed by atoms with Crippen molar-refractivity contribution in [3.63, 3.8) is 0 Å². The van der Waals surface area contributed by atoms with Crippen LogP contribution in [0.2, 0.25) is 0 Å². The maximum absolute atomic E-state index is 13.4. The van der Waals surface area contributed by atoms with Crippen LogP contribution >= 0.6 is 0 Å². The van der Waals surface area contributed by atoms with Gasteiger partial charge in [-0.15, -0.1) is 0 Å². The predicted molar refractivity (Wildman–Crippen MR) is 110 cm³/mol. The highest BCUT2D eigenvalue weighted by atomic mass is 16.3. The van der Waals surface area contributed by atoms with Gasteiger partial charge >= 0.3 is 0 Å². The minimum atomic E-state index is -0.293. The number of nitrogens with zero attached hydrogens (tertiary/aromatic N) is 3. The lowest BCUT2D eigenvalue weighted by atomic mass is 9.97. The predicted octanol–water partition coefficient (Wildman–Crippen LogP) is 1.54. The highest BCUT2D eigenvalue weighted by Gasteiger charge is 2.33. The van der Waals surface area contributed by atoms with Crippen LogP contribution in [0.15, 0.2) is 35.3 Å². The second kappa shape index (κ2) is 7.51. The zero-order valence-electron chi connectivity index (χ0n) is 16.5. The fourth-order valence-electron chi connectivity index (χ4n) is 4.02. The average molecular weight is 393 g/mol. The van der Waals surface area contributed by atoms with Gasteiger partial charge in [0.05, 0.1) is 35.7 Å². The molecule has 1 aliphatic carbocycles. The van der Waals surface area contributed by atoms with Crippen molar-refractivity contribution >= 4 is 16.6 Å². The van der Waals surface area contributed by atoms with E-state index in [4.69, 9.17) is 0 Å². The second-order valence-corrected chi connectivity index (χ2v) is 7.55. The Morgan fingerprint density at radius 1 is 1.07 bits per heavy atom. The molecule has 1 aromatic carbocycles. The van der Waals surface area contributed by atoms with E-state index in [-0.39, 0.29) is 24.6 Å². The van der Waals surface area contributed by atoms with Gasteiger partial charge in [0, 0.05) is 23.5 Å². The van der Waals surface area contributed by atoms with Gasteiger partial charge in [-0.3, -0.25) is 14.6 Å². The van der Waals surface area contributed by atoms with Gasteiger partial charge in [0.1, 0.15) is 0 Å². The van der Waals surface area contributed by atoms with Crippen LogP contribution in [0.1, 0.15) is 33.5 Å². The topological polar surface area (TPSA) is 95.7 Å². The Morgan fingerprint density at radius 3 is 2.41 bits per heavy atom. The molecule has 2 aromatic heterocycles. The van der Waals surface area contributed by atoms with Crippen LogP contribution in [0.4, 0.5) is 0 Å². The number of pyridine rings is 2. The molecular formula is C22H23N3O4. The van der Waals surface area contributed by atoms with Gasteiger partial charge in [-0.1, -0.05) is 0 Å². The van der Waals surface area contributed by atoms with E-state index in [9.17, 15) is 19.8 Å². The van der Waals surface area contributed by atoms with Gasteiger partial charge in [0.25, 0.3) is 5.56 Å². The van der Waals surface area contributed by atoms with Gasteiger partial charge in [0.2, 0.25) is 0 Å². The lowest BCUT2D eigenvalue weighted by Gasteiger charge is -2.17. The standard InChI is InChI=1S/C22H23N3O4/c1-24(2)7-4-8-25-20-18(21(28)15-5-3-6-23-19(15)20)16-9-13(11-26)14(12-27)10-17(16)22(25)29/h3,5-6,9-10,26-27H,4,7-8,11-12H2,1-2H3. The lowest BCUT2D eigenvalue weighted by Crippen LogP contribution is -2.26. The summed E-state index contributed by atoms with van der Waals surface area (Å²) >= 11 is 0. The maximum Gasteiger partial charge on any atom is 0.259 e. The zero-order chi connectivity index (χ0) is 20.7. The number of aliphatic hydroxyl groups is 2. The first-order valence-electron chi connectivity index (χ1n) is 9.56. The molecule has 0 amide bonds. The molecule has 2 N–H and O–H groups in total. The summed E-state index contributed by atoms with van der Waals surface area (Å²) in [5.74, 6) is -0.171. The molecule has 0 fully saturated rings. The summed E-state index contributed by atoms with van der Waals surface area (Å²) in [6.07, 6.45) is 2.36. The molecule has 150 valence electrons. The second-order valence-electron chi connectivity index (χ2n) is 7.55. The van der Waals surface area contributed by atoms with Crippen LogP contribution in [0.25, 0.3) is 22.2 Å². The monoisotopic (exact) mass is 393 g/mol. The number of hydrogen-bond acceptors (Lipinski definition) is 6. The molecule has 0 atom stereocenters. The van der Waals surface area contributed by atoms with E-state index in [0.717, 1.165) is 13.0 Å². The van der Waals surface area contributed by atoms with Crippen LogP contribution in [0.5, 0.6) is 0 Å². The van der Waals surface area contributed by atoms with Gasteiger partial charge in [-0.05, 0) is 62.5 Å². The molecule has 0 unspecified atom stereocenters. The molecule has 2 heterocycles. The summed E-state index contributed by atoms with van der Waals surface area (Å²) in [7, 11) is 3.94. The Hall–Kier alpha value is -2.87. The number of carbonyl (C=O) groups is 1. The average Bonchev–Trinajstić information content (AvgIpc) is 3.02. The largest absolute Gasteiger partial charge is 0.392 e. The van der Waals surface area contributed by atoms with Gasteiger partial charge in [-0.2, -0.15) is 0 Å². The third kappa shape index (κ3) is 3.07. The molecule has 0 saturated heterocycles. The van der Waals surface area contributed by atoms with E-state index >= 15 is 0 Å². The SMILES string of the molecule is CN(C)CCCn1c2c(c3cc(CO)c(CO)cc3c1=O)C(=O)c1cccnc1-2. The maximum atomic E-state index is 13.4. The Bertz CT molecular complexity index is 1180. The van der Waals surface area contributed by atoms with Crippen molar-refractivity contribution in [2.45, 2.75) is 26.2 Å². The first-order valence-corrected chi connectivity index (χ1v) is 9.56. The Balaban J connectivity index is 2.05. The summed E-state index contributed by atoms with van der Waals surface area (Å²) in [5.41, 5.74) is 2.75. The van der Waals surface area contributed by atoms with E-state index in [1.807, 2.05) is 19.0 Å². The van der Waals surface area contributed by atoms with Crippen molar-refractivity contribution in [1.82, 2.24) is 14.5 Å². The van der Waals surface area contributed by atoms with Crippen molar-refractivity contribution in [1.29, 1.82) is 0 Å². The third-order valence-electron chi connectivity index (χ3n) is 5.42. The minimum absolute atomic E-state index is 0.171. The molecule has 3 aromatic rings. The smallest absolute Gasteiger partial charge is 0.259 e. The van der Waals surface area contributed by atoms with E-state index in [1.54, 1.807) is 35.0 Å². The fraction of sp³-hybridized carbons (Fsp3) is 0.318. The van der Waals surface area contributed by atoms with Crippen molar-refractivity contribution < 1.29 is 15.0 Å². The summed E-state index contributed by atoms with van der Waals surface area (Å²) in [5, 5.41) is 20.2. The molecular weight excluding hydrogens is 370 g/mol. The Kier molecular flexibility index (Phi) is 5.04. The number of rotatable bonds is 6. The quantitative estimate of drug-likeness (QED) is 0.516. The van der Waals surface area contributed by atoms with Crippen molar-refractivity contribution in [2.75, 3.05) is 20.6 Å². The summed E-state index contributed by atoms with van der Waals surface area (Å²) in [6.45, 7) is 0.674. The van der Waals surface area contributed by atoms with Crippen molar-refractivity contribution in [3.05, 3.63) is 63.1 Å². The number of aromatic nitrogens is 2. The molecule has 0 spiro atoms. The van der Waals surface area contributed by atoms with Crippen LogP contribution in [0, 0.1) is 0 Å². The molecule has 0 aliphatic heterocycles. The van der Waals surface area contributed by atoms with Gasteiger partial charge < -0.3 is 19.7 Å². The summed E-state index contributed by atoms with van der Waals surface area (Å²) in [4.78, 5) is 33.1. The van der Waals surface area contributed by atoms with E-state index in [0.29, 0.717) is 51.0 Å². The molecule has 0 radical (unpaired) electrons. The fourth-order valence-corrected chi connectivity index (χ4v) is 4.02. The van der Waals surface area contributed by atoms with E-state index in [2.05, 4.69) is 4.98 Å². The Labute approximate surface area is 167 Å². The van der Waals surface area contributed by atoms with Crippen LogP contribution < -0.4 is 5.56 Å². The highest BCUT2D eigenvalue weighted by molar-refractivity contribution is 6.26. The number of benzene rings is 1. The normalized spacial score (nSPS) is 12.7. The van der Waals surface area contributed by atoms with Crippen molar-refractivity contribution in [2.24, 2.45) is 0 Å². The van der Waals surface area contributed by atoms with Gasteiger partial charge in [0.15, 0.2) is 5.78 Å². The number of aliphatic hydroxyl groups excluding tert-OH is 2. The molecule has 7 heteroatoms. The van der Waals surface area contributed by atoms with Crippen LogP contribution in [-0.2, 0) is 19.8 Å². The van der Waals surface area contributed by atoms with Gasteiger partial charge in [-0.25, -0.2) is 0 Å². The first-order chi connectivity index (χ1) is 14.0.